The summed E-state index contributed by atoms with van der Waals surface area (Å²) in [4.78, 5) is 6.78. The monoisotopic (exact) mass is 267 g/mol. The van der Waals surface area contributed by atoms with Crippen LogP contribution in [0.2, 0.25) is 5.02 Å². The van der Waals surface area contributed by atoms with Crippen molar-refractivity contribution in [1.82, 2.24) is 9.88 Å². The molecule has 0 saturated carbocycles. The molecule has 0 aromatic carbocycles. The highest BCUT2D eigenvalue weighted by atomic mass is 35.5. The molecule has 100 valence electrons. The maximum Gasteiger partial charge on any atom is 0.123 e. The quantitative estimate of drug-likeness (QED) is 0.910. The summed E-state index contributed by atoms with van der Waals surface area (Å²) in [6.45, 7) is 7.67. The molecule has 18 heavy (non-hydrogen) atoms. The molecule has 0 aliphatic carbocycles. The van der Waals surface area contributed by atoms with Crippen molar-refractivity contribution < 1.29 is 0 Å². The van der Waals surface area contributed by atoms with E-state index in [-0.39, 0.29) is 0 Å². The molecule has 1 aliphatic heterocycles. The van der Waals surface area contributed by atoms with Crippen molar-refractivity contribution in [3.05, 3.63) is 22.8 Å². The van der Waals surface area contributed by atoms with Crippen LogP contribution < -0.4 is 5.73 Å². The van der Waals surface area contributed by atoms with Gasteiger partial charge in [0.15, 0.2) is 0 Å². The molecule has 0 spiro atoms. The van der Waals surface area contributed by atoms with Crippen molar-refractivity contribution in [2.24, 2.45) is 5.41 Å². The fourth-order valence-corrected chi connectivity index (χ4v) is 2.98. The van der Waals surface area contributed by atoms with Crippen LogP contribution in [0.4, 0.5) is 5.82 Å². The van der Waals surface area contributed by atoms with Gasteiger partial charge in [0.05, 0.1) is 10.7 Å². The molecule has 0 unspecified atom stereocenters. The first-order valence-corrected chi connectivity index (χ1v) is 7.09. The van der Waals surface area contributed by atoms with Gasteiger partial charge in [-0.3, -0.25) is 4.90 Å². The van der Waals surface area contributed by atoms with E-state index in [1.807, 2.05) is 6.07 Å². The molecule has 1 saturated heterocycles. The Hall–Kier alpha value is -0.800. The Morgan fingerprint density at radius 2 is 2.11 bits per heavy atom. The molecule has 0 atom stereocenters. The maximum atomic E-state index is 6.17. The van der Waals surface area contributed by atoms with Gasteiger partial charge in [-0.05, 0) is 43.4 Å². The van der Waals surface area contributed by atoms with Crippen molar-refractivity contribution in [1.29, 1.82) is 0 Å². The van der Waals surface area contributed by atoms with Crippen LogP contribution in [0, 0.1) is 5.41 Å². The molecule has 0 amide bonds. The lowest BCUT2D eigenvalue weighted by molar-refractivity contribution is 0.235. The molecule has 1 fully saturated rings. The normalized spacial score (nSPS) is 19.3. The van der Waals surface area contributed by atoms with E-state index in [1.165, 1.54) is 19.3 Å². The molecule has 3 nitrogen and oxygen atoms in total. The Morgan fingerprint density at radius 3 is 2.72 bits per heavy atom. The van der Waals surface area contributed by atoms with Crippen molar-refractivity contribution in [2.75, 3.05) is 18.8 Å². The Kier molecular flexibility index (Phi) is 4.13. The van der Waals surface area contributed by atoms with Crippen LogP contribution in [0.5, 0.6) is 0 Å². The van der Waals surface area contributed by atoms with Gasteiger partial charge in [0.25, 0.3) is 0 Å². The van der Waals surface area contributed by atoms with Gasteiger partial charge in [-0.2, -0.15) is 0 Å². The van der Waals surface area contributed by atoms with Crippen LogP contribution in [-0.4, -0.2) is 23.0 Å². The topological polar surface area (TPSA) is 42.2 Å². The molecular formula is C14H22ClN3. The van der Waals surface area contributed by atoms with E-state index in [9.17, 15) is 0 Å². The zero-order valence-corrected chi connectivity index (χ0v) is 12.0. The first-order valence-electron chi connectivity index (χ1n) is 6.72. The number of aromatic nitrogens is 1. The number of rotatable bonds is 4. The second-order valence-corrected chi connectivity index (χ2v) is 5.74. The van der Waals surface area contributed by atoms with E-state index in [0.717, 1.165) is 30.4 Å². The fraction of sp³-hybridized carbons (Fsp3) is 0.643. The van der Waals surface area contributed by atoms with E-state index in [1.54, 1.807) is 6.07 Å². The van der Waals surface area contributed by atoms with Gasteiger partial charge in [-0.15, -0.1) is 0 Å². The lowest BCUT2D eigenvalue weighted by Gasteiger charge is -2.26. The van der Waals surface area contributed by atoms with Crippen molar-refractivity contribution in [3.8, 4) is 0 Å². The molecule has 2 N–H and O–H groups in total. The third-order valence-corrected chi connectivity index (χ3v) is 4.68. The van der Waals surface area contributed by atoms with E-state index in [4.69, 9.17) is 17.3 Å². The summed E-state index contributed by atoms with van der Waals surface area (Å²) >= 11 is 6.17. The highest BCUT2D eigenvalue weighted by Gasteiger charge is 2.34. The first-order chi connectivity index (χ1) is 8.58. The average Bonchev–Trinajstić information content (AvgIpc) is 2.78. The minimum atomic E-state index is 0.493. The molecule has 0 radical (unpaired) electrons. The van der Waals surface area contributed by atoms with Gasteiger partial charge in [0.2, 0.25) is 0 Å². The maximum absolute atomic E-state index is 6.17. The number of nitrogen functional groups attached to an aromatic ring is 1. The van der Waals surface area contributed by atoms with Crippen LogP contribution in [0.25, 0.3) is 0 Å². The molecule has 1 aromatic rings. The summed E-state index contributed by atoms with van der Waals surface area (Å²) in [7, 11) is 0. The van der Waals surface area contributed by atoms with E-state index in [0.29, 0.717) is 11.2 Å². The lowest BCUT2D eigenvalue weighted by Crippen LogP contribution is -2.26. The standard InChI is InChI=1S/C14H22ClN3/c1-3-14(4-2)7-8-18(10-14)9-12-11(15)5-6-13(16)17-12/h5-6H,3-4,7-10H2,1-2H3,(H2,16,17). The number of nitrogens with two attached hydrogens (primary N) is 1. The molecule has 1 aliphatic rings. The predicted molar refractivity (Wildman–Crippen MR) is 76.6 cm³/mol. The van der Waals surface area contributed by atoms with E-state index < -0.39 is 0 Å². The van der Waals surface area contributed by atoms with Crippen molar-refractivity contribution in [2.45, 2.75) is 39.7 Å². The predicted octanol–water partition coefficient (Wildman–Crippen LogP) is 3.33. The Balaban J connectivity index is 2.05. The van der Waals surface area contributed by atoms with Crippen LogP contribution in [0.1, 0.15) is 38.8 Å². The van der Waals surface area contributed by atoms with Gasteiger partial charge in [-0.25, -0.2) is 4.98 Å². The summed E-state index contributed by atoms with van der Waals surface area (Å²) < 4.78 is 0. The van der Waals surface area contributed by atoms with E-state index in [2.05, 4.69) is 23.7 Å². The van der Waals surface area contributed by atoms with Gasteiger partial charge >= 0.3 is 0 Å². The molecular weight excluding hydrogens is 246 g/mol. The molecule has 2 heterocycles. The number of hydrogen-bond donors (Lipinski definition) is 1. The average molecular weight is 268 g/mol. The number of hydrogen-bond acceptors (Lipinski definition) is 3. The molecule has 1 aromatic heterocycles. The van der Waals surface area contributed by atoms with Crippen LogP contribution in [-0.2, 0) is 6.54 Å². The number of anilines is 1. The summed E-state index contributed by atoms with van der Waals surface area (Å²) in [5, 5.41) is 0.717. The number of likely N-dealkylation sites (tertiary alicyclic amines) is 1. The van der Waals surface area contributed by atoms with Gasteiger partial charge < -0.3 is 5.73 Å². The smallest absolute Gasteiger partial charge is 0.123 e. The van der Waals surface area contributed by atoms with Crippen LogP contribution in [0.15, 0.2) is 12.1 Å². The van der Waals surface area contributed by atoms with Gasteiger partial charge in [0, 0.05) is 13.1 Å². The fourth-order valence-electron chi connectivity index (χ4n) is 2.81. The first kappa shape index (κ1) is 13.6. The van der Waals surface area contributed by atoms with Crippen LogP contribution >= 0.6 is 11.6 Å². The van der Waals surface area contributed by atoms with Crippen molar-refractivity contribution in [3.63, 3.8) is 0 Å². The molecule has 0 bridgehead atoms. The highest BCUT2D eigenvalue weighted by Crippen LogP contribution is 2.37. The second kappa shape index (κ2) is 5.45. The summed E-state index contributed by atoms with van der Waals surface area (Å²) in [6.07, 6.45) is 3.77. The van der Waals surface area contributed by atoms with Crippen molar-refractivity contribution >= 4 is 17.4 Å². The molecule has 4 heteroatoms. The minimum Gasteiger partial charge on any atom is -0.384 e. The highest BCUT2D eigenvalue weighted by molar-refractivity contribution is 6.31. The Morgan fingerprint density at radius 1 is 1.39 bits per heavy atom. The third kappa shape index (κ3) is 2.78. The zero-order chi connectivity index (χ0) is 13.2. The largest absolute Gasteiger partial charge is 0.384 e. The Labute approximate surface area is 114 Å². The molecule has 2 rings (SSSR count). The number of halogens is 1. The minimum absolute atomic E-state index is 0.493. The van der Waals surface area contributed by atoms with Gasteiger partial charge in [-0.1, -0.05) is 25.4 Å². The third-order valence-electron chi connectivity index (χ3n) is 4.33. The Bertz CT molecular complexity index is 416. The number of pyridine rings is 1. The van der Waals surface area contributed by atoms with Crippen LogP contribution in [0.3, 0.4) is 0 Å². The summed E-state index contributed by atoms with van der Waals surface area (Å²) in [5.41, 5.74) is 7.11. The van der Waals surface area contributed by atoms with Gasteiger partial charge in [0.1, 0.15) is 5.82 Å². The number of nitrogens with zero attached hydrogens (tertiary/aromatic N) is 2. The summed E-state index contributed by atoms with van der Waals surface area (Å²) in [6, 6.07) is 3.58. The SMILES string of the molecule is CCC1(CC)CCN(Cc2nc(N)ccc2Cl)C1. The van der Waals surface area contributed by atoms with E-state index >= 15 is 0 Å². The summed E-state index contributed by atoms with van der Waals surface area (Å²) in [5.74, 6) is 0.547. The lowest BCUT2D eigenvalue weighted by atomic mass is 9.82. The zero-order valence-electron chi connectivity index (χ0n) is 11.2. The second-order valence-electron chi connectivity index (χ2n) is 5.33.